The fourth-order valence-electron chi connectivity index (χ4n) is 3.03. The molecule has 1 N–H and O–H groups in total. The summed E-state index contributed by atoms with van der Waals surface area (Å²) >= 11 is 0. The first-order chi connectivity index (χ1) is 12.1. The van der Waals surface area contributed by atoms with Gasteiger partial charge in [-0.2, -0.15) is 0 Å². The largest absolute Gasteiger partial charge is 0.367 e. The van der Waals surface area contributed by atoms with Crippen LogP contribution in [0.1, 0.15) is 19.4 Å². The lowest BCUT2D eigenvalue weighted by Crippen LogP contribution is -2.11. The molecule has 25 heavy (non-hydrogen) atoms. The molecule has 0 unspecified atom stereocenters. The van der Waals surface area contributed by atoms with E-state index in [1.165, 1.54) is 5.56 Å². The van der Waals surface area contributed by atoms with Crippen LogP contribution in [0.25, 0.3) is 27.9 Å². The molecule has 0 aliphatic carbocycles. The molecule has 0 aliphatic heterocycles. The zero-order chi connectivity index (χ0) is 17.4. The van der Waals surface area contributed by atoms with Gasteiger partial charge in [0.25, 0.3) is 0 Å². The number of anilines is 1. The zero-order valence-corrected chi connectivity index (χ0v) is 14.8. The van der Waals surface area contributed by atoms with Crippen molar-refractivity contribution in [1.29, 1.82) is 0 Å². The Kier molecular flexibility index (Phi) is 3.88. The molecule has 2 heterocycles. The van der Waals surface area contributed by atoms with Crippen molar-refractivity contribution < 1.29 is 0 Å². The third-order valence-electron chi connectivity index (χ3n) is 4.35. The molecule has 2 aromatic heterocycles. The lowest BCUT2D eigenvalue weighted by molar-refractivity contribution is 0.687. The van der Waals surface area contributed by atoms with Crippen LogP contribution in [0.15, 0.2) is 54.7 Å². The van der Waals surface area contributed by atoms with Gasteiger partial charge in [-0.15, -0.1) is 0 Å². The van der Waals surface area contributed by atoms with Gasteiger partial charge in [-0.1, -0.05) is 55.8 Å². The minimum atomic E-state index is 0.542. The van der Waals surface area contributed by atoms with Crippen molar-refractivity contribution in [3.63, 3.8) is 0 Å². The molecule has 0 spiro atoms. The van der Waals surface area contributed by atoms with E-state index in [2.05, 4.69) is 65.8 Å². The van der Waals surface area contributed by atoms with Crippen LogP contribution >= 0.6 is 0 Å². The van der Waals surface area contributed by atoms with Gasteiger partial charge in [0.2, 0.25) is 0 Å². The van der Waals surface area contributed by atoms with Crippen LogP contribution in [-0.4, -0.2) is 20.9 Å². The first-order valence-corrected chi connectivity index (χ1v) is 8.70. The van der Waals surface area contributed by atoms with Crippen LogP contribution in [0, 0.1) is 12.8 Å². The second-order valence-corrected chi connectivity index (χ2v) is 6.89. The van der Waals surface area contributed by atoms with Gasteiger partial charge < -0.3 is 5.32 Å². The normalized spacial score (nSPS) is 11.5. The van der Waals surface area contributed by atoms with Crippen molar-refractivity contribution in [1.82, 2.24) is 14.4 Å². The molecule has 0 fully saturated rings. The topological polar surface area (TPSA) is 42.2 Å². The van der Waals surface area contributed by atoms with E-state index in [9.17, 15) is 0 Å². The second-order valence-electron chi connectivity index (χ2n) is 6.89. The quantitative estimate of drug-likeness (QED) is 0.577. The third kappa shape index (κ3) is 2.84. The Balaban J connectivity index is 1.98. The summed E-state index contributed by atoms with van der Waals surface area (Å²) in [6.45, 7) is 7.35. The molecule has 4 nitrogen and oxygen atoms in total. The van der Waals surface area contributed by atoms with Gasteiger partial charge in [0.05, 0.1) is 22.9 Å². The minimum absolute atomic E-state index is 0.542. The first kappa shape index (κ1) is 15.6. The van der Waals surface area contributed by atoms with Crippen molar-refractivity contribution in [2.75, 3.05) is 11.9 Å². The first-order valence-electron chi connectivity index (χ1n) is 8.70. The molecule has 2 aromatic carbocycles. The Bertz CT molecular complexity index is 1030. The maximum atomic E-state index is 4.80. The Hall–Kier alpha value is -2.88. The monoisotopic (exact) mass is 330 g/mol. The van der Waals surface area contributed by atoms with Crippen LogP contribution in [0.5, 0.6) is 0 Å². The van der Waals surface area contributed by atoms with E-state index in [1.807, 2.05) is 24.4 Å². The number of fused-ring (bicyclic) bond motifs is 3. The van der Waals surface area contributed by atoms with Crippen LogP contribution in [0.3, 0.4) is 0 Å². The summed E-state index contributed by atoms with van der Waals surface area (Å²) in [6.07, 6.45) is 1.94. The van der Waals surface area contributed by atoms with E-state index in [1.54, 1.807) is 0 Å². The van der Waals surface area contributed by atoms with Crippen LogP contribution in [-0.2, 0) is 0 Å². The molecule has 4 aromatic rings. The van der Waals surface area contributed by atoms with Gasteiger partial charge in [0.1, 0.15) is 0 Å². The van der Waals surface area contributed by atoms with Crippen molar-refractivity contribution in [2.45, 2.75) is 20.8 Å². The van der Waals surface area contributed by atoms with Crippen LogP contribution in [0.4, 0.5) is 5.82 Å². The summed E-state index contributed by atoms with van der Waals surface area (Å²) in [5.74, 6) is 1.38. The van der Waals surface area contributed by atoms with Crippen molar-refractivity contribution >= 4 is 22.5 Å². The number of aromatic nitrogens is 3. The predicted octanol–water partition coefficient (Wildman–Crippen LogP) is 4.93. The predicted molar refractivity (Wildman–Crippen MR) is 104 cm³/mol. The summed E-state index contributed by atoms with van der Waals surface area (Å²) in [5.41, 5.74) is 6.40. The van der Waals surface area contributed by atoms with E-state index in [0.717, 1.165) is 40.3 Å². The van der Waals surface area contributed by atoms with E-state index < -0.39 is 0 Å². The van der Waals surface area contributed by atoms with Gasteiger partial charge in [-0.25, -0.2) is 9.97 Å². The molecule has 0 atom stereocenters. The second kappa shape index (κ2) is 6.20. The van der Waals surface area contributed by atoms with Crippen molar-refractivity contribution in [3.05, 3.63) is 60.3 Å². The lowest BCUT2D eigenvalue weighted by atomic mass is 10.1. The molecule has 0 amide bonds. The third-order valence-corrected chi connectivity index (χ3v) is 4.35. The number of hydrogen-bond acceptors (Lipinski definition) is 3. The average molecular weight is 330 g/mol. The van der Waals surface area contributed by atoms with Gasteiger partial charge >= 0.3 is 0 Å². The fourth-order valence-corrected chi connectivity index (χ4v) is 3.03. The zero-order valence-electron chi connectivity index (χ0n) is 14.8. The van der Waals surface area contributed by atoms with Gasteiger partial charge in [-0.05, 0) is 25.0 Å². The molecule has 0 radical (unpaired) electrons. The van der Waals surface area contributed by atoms with Crippen molar-refractivity contribution in [2.24, 2.45) is 5.92 Å². The summed E-state index contributed by atoms with van der Waals surface area (Å²) in [5, 5.41) is 3.46. The Labute approximate surface area is 147 Å². The minimum Gasteiger partial charge on any atom is -0.367 e. The molecule has 4 rings (SSSR count). The smallest absolute Gasteiger partial charge is 0.181 e. The van der Waals surface area contributed by atoms with Gasteiger partial charge in [0, 0.05) is 12.1 Å². The molecular weight excluding hydrogens is 308 g/mol. The van der Waals surface area contributed by atoms with Crippen LogP contribution in [0.2, 0.25) is 0 Å². The maximum Gasteiger partial charge on any atom is 0.181 e. The van der Waals surface area contributed by atoms with E-state index in [-0.39, 0.29) is 0 Å². The number of rotatable bonds is 4. The standard InChI is InChI=1S/C21H22N4/c1-14(2)12-22-20-21-23-13-19(16-10-8-15(3)9-11-16)25(21)18-7-5-4-6-17(18)24-20/h4-11,13-14H,12H2,1-3H3,(H,22,24). The fraction of sp³-hybridized carbons (Fsp3) is 0.238. The molecular formula is C21H22N4. The molecule has 0 saturated carbocycles. The number of benzene rings is 2. The summed E-state index contributed by atoms with van der Waals surface area (Å²) in [7, 11) is 0. The molecule has 4 heteroatoms. The van der Waals surface area contributed by atoms with Gasteiger partial charge in [0.15, 0.2) is 11.5 Å². The number of hydrogen-bond donors (Lipinski definition) is 1. The Morgan fingerprint density at radius 2 is 1.80 bits per heavy atom. The number of nitrogens with one attached hydrogen (secondary N) is 1. The Morgan fingerprint density at radius 3 is 2.56 bits per heavy atom. The number of para-hydroxylation sites is 2. The van der Waals surface area contributed by atoms with Crippen LogP contribution < -0.4 is 5.32 Å². The Morgan fingerprint density at radius 1 is 1.04 bits per heavy atom. The number of imidazole rings is 1. The average Bonchev–Trinajstić information content (AvgIpc) is 3.06. The van der Waals surface area contributed by atoms with Gasteiger partial charge in [-0.3, -0.25) is 4.40 Å². The highest BCUT2D eigenvalue weighted by Gasteiger charge is 2.14. The maximum absolute atomic E-state index is 4.80. The molecule has 0 saturated heterocycles. The van der Waals surface area contributed by atoms with E-state index in [0.29, 0.717) is 5.92 Å². The molecule has 126 valence electrons. The van der Waals surface area contributed by atoms with Crippen molar-refractivity contribution in [3.8, 4) is 11.3 Å². The summed E-state index contributed by atoms with van der Waals surface area (Å²) in [4.78, 5) is 9.49. The number of nitrogens with zero attached hydrogens (tertiary/aromatic N) is 3. The molecule has 0 aliphatic rings. The highest BCUT2D eigenvalue weighted by atomic mass is 15.1. The van der Waals surface area contributed by atoms with E-state index >= 15 is 0 Å². The SMILES string of the molecule is Cc1ccc(-c2cnc3c(NCC(C)C)nc4ccccc4n23)cc1. The highest BCUT2D eigenvalue weighted by molar-refractivity contribution is 5.86. The summed E-state index contributed by atoms with van der Waals surface area (Å²) < 4.78 is 2.20. The highest BCUT2D eigenvalue weighted by Crippen LogP contribution is 2.28. The van der Waals surface area contributed by atoms with E-state index in [4.69, 9.17) is 4.98 Å². The summed E-state index contributed by atoms with van der Waals surface area (Å²) in [6, 6.07) is 16.8. The number of aryl methyl sites for hydroxylation is 1. The molecule has 0 bridgehead atoms. The lowest BCUT2D eigenvalue weighted by Gasteiger charge is -2.12.